The molecule has 30 nitrogen and oxygen atoms in total. The molecule has 0 amide bonds. The zero-order valence-corrected chi connectivity index (χ0v) is 89.6. The van der Waals surface area contributed by atoms with Crippen LogP contribution in [0.1, 0.15) is 228 Å². The number of halogens is 15. The van der Waals surface area contributed by atoms with Gasteiger partial charge in [-0.05, 0) is 178 Å². The molecular weight excluding hydrogens is 2230 g/mol. The summed E-state index contributed by atoms with van der Waals surface area (Å²) in [5.41, 5.74) is 30.3. The number of hydrazine groups is 2. The standard InChI is InChI=1S/C21H25Cl2N5.C19H25Cl2N5.C13H22BrN5.C7H17N.C6H4BrClN4.C6H5ClN4.C6H6N4O.C2H4Br2.CH4.Br2.Cl3OP/c1-4-6-15(7-5-2)27-10-11-28-20-19(24-13(3)25-21(20)27)18(26-28)16-9-8-14(22)12-17(16)23;1-4-6-13(7-5-2)24-19-18-17(22-11(3)23-19)16(25-26-18)14-9-8-12(20)10-15(14)21;1-4-6-9(7-5-2)17-13-11-10(12(14)19-18-11)15-8(3)16-13;1-3-5-7(8)6-4-2;1-2-9-3-4(6(8)10-2)11-12-5(3)7;1-3-9-4-2-8-11-5(4)6(7)10-3;1-3-8-4-2-7-10-5(4)6(11)9-3;3-1-2-4;;1-2;1-5(2,3)4/h8-9,12,15H,4-7,10-11H2,1-3H3;8-10,13,16,25-26H,4-7H2,1-3H3,(H,22,23,24);9,12,18-19H,4-7H2,1-3H3,(H,15,16,17);7H,3-6,8H2,1-2H3;1H3,(H,11,12);2H,1H3,(H,8,11);2H,1H3,(H,7,10)(H,8,9,11);1-2H2;1H4;;. The number of aryl methyl sites for hydroxylation is 6. The molecule has 10 aromatic heterocycles. The molecule has 12 aromatic rings. The van der Waals surface area contributed by atoms with Gasteiger partial charge in [0.1, 0.15) is 111 Å². The van der Waals surface area contributed by atoms with Gasteiger partial charge in [-0.1, -0.05) is 238 Å². The van der Waals surface area contributed by atoms with E-state index in [0.29, 0.717) is 99.6 Å². The summed E-state index contributed by atoms with van der Waals surface area (Å²) in [7, 11) is 0. The molecule has 127 heavy (non-hydrogen) atoms. The molecule has 46 heteroatoms. The summed E-state index contributed by atoms with van der Waals surface area (Å²) in [4.78, 5) is 64.3. The van der Waals surface area contributed by atoms with Crippen molar-refractivity contribution in [3.63, 3.8) is 0 Å². The van der Waals surface area contributed by atoms with Crippen LogP contribution in [0.15, 0.2) is 58.2 Å². The van der Waals surface area contributed by atoms with Gasteiger partial charge in [0, 0.05) is 90.3 Å². The van der Waals surface area contributed by atoms with Crippen molar-refractivity contribution in [2.24, 2.45) is 5.73 Å². The lowest BCUT2D eigenvalue weighted by molar-refractivity contribution is 0.469. The Kier molecular flexibility index (Phi) is 51.2. The topological polar surface area (TPSA) is 397 Å². The van der Waals surface area contributed by atoms with E-state index in [9.17, 15) is 9.36 Å². The van der Waals surface area contributed by atoms with E-state index >= 15 is 0 Å². The molecule has 2 unspecified atom stereocenters. The van der Waals surface area contributed by atoms with E-state index in [1.807, 2.05) is 49.7 Å². The fourth-order valence-electron chi connectivity index (χ4n) is 13.7. The van der Waals surface area contributed by atoms with Crippen molar-refractivity contribution in [1.29, 1.82) is 0 Å². The van der Waals surface area contributed by atoms with Crippen molar-refractivity contribution in [3.8, 4) is 11.3 Å². The third-order valence-corrected chi connectivity index (χ3v) is 23.5. The van der Waals surface area contributed by atoms with Crippen LogP contribution in [0.4, 0.5) is 28.8 Å². The van der Waals surface area contributed by atoms with Crippen molar-refractivity contribution >= 4 is 273 Å². The van der Waals surface area contributed by atoms with Gasteiger partial charge < -0.3 is 37.1 Å². The van der Waals surface area contributed by atoms with Crippen molar-refractivity contribution in [1.82, 2.24) is 111 Å². The van der Waals surface area contributed by atoms with Crippen LogP contribution in [0.25, 0.3) is 55.4 Å². The molecule has 0 fully saturated rings. The summed E-state index contributed by atoms with van der Waals surface area (Å²) in [6.07, 6.45) is 21.8. The first-order chi connectivity index (χ1) is 60.2. The third-order valence-electron chi connectivity index (χ3n) is 18.8. The zero-order chi connectivity index (χ0) is 93.1. The second kappa shape index (κ2) is 57.7. The minimum atomic E-state index is -3.22. The number of benzene rings is 2. The molecule has 0 spiro atoms. The number of nitrogens with two attached hydrogens (primary N) is 1. The Hall–Kier alpha value is -4.80. The average molecular weight is 2340 g/mol. The normalized spacial score (nSPS) is 13.2. The number of alkyl halides is 3. The largest absolute Gasteiger partial charge is 0.365 e. The summed E-state index contributed by atoms with van der Waals surface area (Å²) in [5, 5.41) is 33.6. The maximum Gasteiger partial charge on any atom is 0.339 e. The van der Waals surface area contributed by atoms with Gasteiger partial charge in [0.05, 0.1) is 35.7 Å². The molecule has 2 aromatic carbocycles. The maximum absolute atomic E-state index is 11.1. The van der Waals surface area contributed by atoms with E-state index in [-0.39, 0.29) is 24.0 Å². The fourth-order valence-corrected chi connectivity index (χ4v) is 16.0. The van der Waals surface area contributed by atoms with Crippen LogP contribution in [-0.2, 0) is 11.1 Å². The van der Waals surface area contributed by atoms with Gasteiger partial charge in [0.2, 0.25) is 0 Å². The molecule has 0 radical (unpaired) electrons. The third kappa shape index (κ3) is 34.9. The van der Waals surface area contributed by atoms with Gasteiger partial charge in [-0.25, -0.2) is 65.7 Å². The highest BCUT2D eigenvalue weighted by Crippen LogP contribution is 2.61. The predicted octanol–water partition coefficient (Wildman–Crippen LogP) is 27.1. The lowest BCUT2D eigenvalue weighted by Crippen LogP contribution is -2.41. The number of hydrogen-bond donors (Lipinski definition) is 11. The van der Waals surface area contributed by atoms with Gasteiger partial charge in [0.25, 0.3) is 5.56 Å². The van der Waals surface area contributed by atoms with Crippen molar-refractivity contribution in [2.45, 2.75) is 249 Å². The van der Waals surface area contributed by atoms with Crippen LogP contribution in [0, 0.1) is 41.5 Å². The SMILES string of the molecule is BrBr.BrCCBr.C.CCCC(CCC)N1CCn2nc(-c3ccc(Cl)cc3Cl)c3nc(C)nc1c32.CCCC(CCC)Nc1nc(C)nc2c1NNC2Br.CCCC(CCC)Nc1nc(C)nc2c1NNC2c1ccc(Cl)cc1Cl.CCCC(N)CCC.Cc1nc(Cl)c2[nH]ncc2n1.Cc1nc(Cl)c2n[nH]c(Br)c2n1.Cc1nc2cn[nH]c2c(=O)[nH]1.O=P(Cl)(Cl)Cl. The number of aromatic amines is 4. The van der Waals surface area contributed by atoms with E-state index in [1.165, 1.54) is 70.4 Å². The molecule has 0 saturated carbocycles. The lowest BCUT2D eigenvalue weighted by atomic mass is 10.0. The Bertz CT molecular complexity index is 5470. The van der Waals surface area contributed by atoms with Crippen LogP contribution < -0.4 is 48.5 Å². The zero-order valence-electron chi connectivity index (χ0n) is 72.3. The van der Waals surface area contributed by atoms with Crippen molar-refractivity contribution in [2.75, 3.05) is 43.6 Å². The van der Waals surface area contributed by atoms with E-state index < -0.39 is 5.20 Å². The van der Waals surface area contributed by atoms with Gasteiger partial charge in [-0.2, -0.15) is 20.4 Å². The Balaban J connectivity index is 0.000000266. The second-order valence-electron chi connectivity index (χ2n) is 28.9. The first kappa shape index (κ1) is 113. The predicted molar refractivity (Wildman–Crippen MR) is 553 cm³/mol. The highest BCUT2D eigenvalue weighted by atomic mass is 80.9. The molecule has 698 valence electrons. The monoisotopic (exact) mass is 2330 g/mol. The first-order valence-corrected chi connectivity index (χ1v) is 55.4. The van der Waals surface area contributed by atoms with Gasteiger partial charge >= 0.3 is 5.20 Å². The smallest absolute Gasteiger partial charge is 0.339 e. The van der Waals surface area contributed by atoms with Crippen LogP contribution in [-0.4, -0.2) is 142 Å². The Labute approximate surface area is 836 Å². The van der Waals surface area contributed by atoms with Crippen LogP contribution in [0.2, 0.25) is 30.4 Å². The highest BCUT2D eigenvalue weighted by Gasteiger charge is 2.33. The van der Waals surface area contributed by atoms with Crippen LogP contribution in [0.5, 0.6) is 0 Å². The molecule has 15 rings (SSSR count). The van der Waals surface area contributed by atoms with E-state index in [2.05, 4.69) is 299 Å². The molecule has 13 heterocycles. The maximum atomic E-state index is 11.1. The summed E-state index contributed by atoms with van der Waals surface area (Å²) in [6.45, 7) is 30.5. The molecule has 12 N–H and O–H groups in total. The number of hydrogen-bond acceptors (Lipinski definition) is 25. The van der Waals surface area contributed by atoms with Gasteiger partial charge in [0.15, 0.2) is 27.8 Å². The van der Waals surface area contributed by atoms with Gasteiger partial charge in [-0.3, -0.25) is 29.3 Å². The van der Waals surface area contributed by atoms with E-state index in [1.54, 1.807) is 39.1 Å². The van der Waals surface area contributed by atoms with Crippen LogP contribution in [0.3, 0.4) is 0 Å². The Morgan fingerprint density at radius 2 is 1.02 bits per heavy atom. The second-order valence-corrected chi connectivity index (χ2v) is 41.2. The number of anilines is 5. The van der Waals surface area contributed by atoms with Crippen molar-refractivity contribution in [3.05, 3.63) is 146 Å². The van der Waals surface area contributed by atoms with E-state index in [0.717, 1.165) is 158 Å². The fraction of sp³-hybridized carbons (Fsp3) is 0.506. The summed E-state index contributed by atoms with van der Waals surface area (Å²) in [6, 6.07) is 12.7. The molecule has 0 saturated heterocycles. The minimum Gasteiger partial charge on any atom is -0.365 e. The summed E-state index contributed by atoms with van der Waals surface area (Å²) >= 11 is 69.2. The molecule has 2 atom stereocenters. The minimum absolute atomic E-state index is 0. The molecule has 0 bridgehead atoms. The molecule has 3 aliphatic rings. The number of nitrogens with one attached hydrogen (secondary N) is 10. The highest BCUT2D eigenvalue weighted by molar-refractivity contribution is 9.93. The molecule has 3 aliphatic heterocycles. The first-order valence-electron chi connectivity index (χ1n) is 41.0. The van der Waals surface area contributed by atoms with Crippen LogP contribution >= 0.6 is 201 Å². The Morgan fingerprint density at radius 1 is 0.551 bits per heavy atom. The van der Waals surface area contributed by atoms with E-state index in [4.69, 9.17) is 90.4 Å². The number of rotatable bonds is 24. The number of H-pyrrole nitrogens is 4. The number of aromatic nitrogens is 20. The lowest BCUT2D eigenvalue weighted by Gasteiger charge is -2.35. The van der Waals surface area contributed by atoms with Crippen molar-refractivity contribution < 1.29 is 4.57 Å². The quantitative estimate of drug-likeness (QED) is 0.0116. The molecular formula is C81H112Br6Cl9N28O2P. The number of nitrogens with zero attached hydrogens (tertiary/aromatic N) is 17. The Morgan fingerprint density at radius 3 is 1.56 bits per heavy atom. The average Bonchev–Trinajstić information content (AvgIpc) is 1.59. The van der Waals surface area contributed by atoms with Gasteiger partial charge in [-0.15, -0.1) is 0 Å². The number of fused-ring (bicyclic) bond motifs is 5. The summed E-state index contributed by atoms with van der Waals surface area (Å²) < 4.78 is 12.3. The summed E-state index contributed by atoms with van der Waals surface area (Å²) in [5.74, 6) is 6.93. The molecule has 0 aliphatic carbocycles.